The summed E-state index contributed by atoms with van der Waals surface area (Å²) in [6.07, 6.45) is 1.74. The number of benzene rings is 1. The van der Waals surface area contributed by atoms with Crippen molar-refractivity contribution in [3.05, 3.63) is 45.6 Å². The molecule has 0 fully saturated rings. The van der Waals surface area contributed by atoms with E-state index in [0.29, 0.717) is 54.2 Å². The summed E-state index contributed by atoms with van der Waals surface area (Å²) in [5.41, 5.74) is 2.87. The van der Waals surface area contributed by atoms with Gasteiger partial charge in [-0.3, -0.25) is 19.2 Å². The van der Waals surface area contributed by atoms with Gasteiger partial charge in [0.2, 0.25) is 23.0 Å². The Morgan fingerprint density at radius 2 is 1.71 bits per heavy atom. The Kier molecular flexibility index (Phi) is 11.2. The van der Waals surface area contributed by atoms with Gasteiger partial charge < -0.3 is 34.9 Å². The number of hydrogen-bond acceptors (Lipinski definition) is 9. The molecule has 0 aromatic heterocycles. The Morgan fingerprint density at radius 1 is 1.00 bits per heavy atom. The van der Waals surface area contributed by atoms with Gasteiger partial charge in [0, 0.05) is 25.5 Å². The summed E-state index contributed by atoms with van der Waals surface area (Å²) in [7, 11) is 5.94. The molecular formula is C31H41N3O8. The second kappa shape index (κ2) is 14.6. The highest BCUT2D eigenvalue weighted by Gasteiger charge is 2.30. The predicted molar refractivity (Wildman–Crippen MR) is 159 cm³/mol. The van der Waals surface area contributed by atoms with Crippen molar-refractivity contribution in [3.63, 3.8) is 0 Å². The summed E-state index contributed by atoms with van der Waals surface area (Å²) >= 11 is 0. The lowest BCUT2D eigenvalue weighted by Gasteiger charge is -2.22. The van der Waals surface area contributed by atoms with Gasteiger partial charge in [-0.2, -0.15) is 0 Å². The number of anilines is 1. The molecule has 2 amide bonds. The van der Waals surface area contributed by atoms with Crippen LogP contribution in [0.1, 0.15) is 57.2 Å². The van der Waals surface area contributed by atoms with E-state index < -0.39 is 12.1 Å². The first kappa shape index (κ1) is 32.2. The van der Waals surface area contributed by atoms with E-state index in [-0.39, 0.29) is 41.2 Å². The summed E-state index contributed by atoms with van der Waals surface area (Å²) in [6.45, 7) is 5.49. The molecule has 0 saturated carbocycles. The molecule has 2 atom stereocenters. The Morgan fingerprint density at radius 3 is 2.31 bits per heavy atom. The molecule has 0 bridgehead atoms. The van der Waals surface area contributed by atoms with Crippen molar-refractivity contribution in [1.29, 1.82) is 0 Å². The Hall–Kier alpha value is -4.28. The number of carbonyl (C=O) groups is 3. The fraction of sp³-hybridized carbons (Fsp3) is 0.484. The molecule has 3 rings (SSSR count). The van der Waals surface area contributed by atoms with E-state index in [1.54, 1.807) is 26.4 Å². The summed E-state index contributed by atoms with van der Waals surface area (Å²) in [4.78, 5) is 50.3. The molecule has 3 N–H and O–H groups in total. The Labute approximate surface area is 246 Å². The van der Waals surface area contributed by atoms with E-state index in [2.05, 4.69) is 20.7 Å². The maximum absolute atomic E-state index is 13.6. The molecule has 11 nitrogen and oxygen atoms in total. The molecule has 11 heteroatoms. The van der Waals surface area contributed by atoms with Crippen molar-refractivity contribution >= 4 is 23.5 Å². The molecule has 42 heavy (non-hydrogen) atoms. The van der Waals surface area contributed by atoms with Crippen molar-refractivity contribution in [3.8, 4) is 28.4 Å². The zero-order chi connectivity index (χ0) is 31.0. The van der Waals surface area contributed by atoms with E-state index in [0.717, 1.165) is 11.1 Å². The number of ether oxygens (including phenoxy) is 4. The van der Waals surface area contributed by atoms with Gasteiger partial charge >= 0.3 is 5.97 Å². The van der Waals surface area contributed by atoms with Crippen molar-refractivity contribution < 1.29 is 33.3 Å². The summed E-state index contributed by atoms with van der Waals surface area (Å²) in [5.74, 6) is 0.370. The summed E-state index contributed by atoms with van der Waals surface area (Å²) in [5, 5.41) is 8.96. The number of fused-ring (bicyclic) bond motifs is 3. The molecule has 0 heterocycles. The molecule has 2 aromatic rings. The zero-order valence-electron chi connectivity index (χ0n) is 25.3. The van der Waals surface area contributed by atoms with E-state index in [9.17, 15) is 19.2 Å². The number of aryl methyl sites for hydroxylation is 1. The fourth-order valence-electron chi connectivity index (χ4n) is 5.19. The monoisotopic (exact) mass is 583 g/mol. The lowest BCUT2D eigenvalue weighted by molar-refractivity contribution is -0.140. The van der Waals surface area contributed by atoms with Crippen LogP contribution in [0.3, 0.4) is 0 Å². The van der Waals surface area contributed by atoms with Crippen LogP contribution in [0.4, 0.5) is 5.69 Å². The van der Waals surface area contributed by atoms with Crippen LogP contribution in [0.15, 0.2) is 29.1 Å². The van der Waals surface area contributed by atoms with E-state index >= 15 is 0 Å². The second-order valence-electron chi connectivity index (χ2n) is 10.4. The highest BCUT2D eigenvalue weighted by molar-refractivity contribution is 5.86. The molecule has 0 spiro atoms. The average molecular weight is 584 g/mol. The predicted octanol–water partition coefficient (Wildman–Crippen LogP) is 3.37. The number of hydrogen-bond donors (Lipinski definition) is 3. The molecule has 228 valence electrons. The van der Waals surface area contributed by atoms with Crippen LogP contribution in [0.2, 0.25) is 0 Å². The van der Waals surface area contributed by atoms with E-state index in [1.807, 2.05) is 19.9 Å². The average Bonchev–Trinajstić information content (AvgIpc) is 3.20. The van der Waals surface area contributed by atoms with E-state index in [1.165, 1.54) is 27.2 Å². The largest absolute Gasteiger partial charge is 0.493 e. The van der Waals surface area contributed by atoms with Gasteiger partial charge in [0.05, 0.1) is 40.2 Å². The van der Waals surface area contributed by atoms with Gasteiger partial charge in [-0.25, -0.2) is 0 Å². The van der Waals surface area contributed by atoms with E-state index in [4.69, 9.17) is 14.2 Å². The third-order valence-corrected chi connectivity index (χ3v) is 7.26. The Balaban J connectivity index is 2.10. The van der Waals surface area contributed by atoms with Crippen LogP contribution in [-0.4, -0.2) is 58.8 Å². The first-order valence-corrected chi connectivity index (χ1v) is 13.9. The van der Waals surface area contributed by atoms with Gasteiger partial charge in [-0.15, -0.1) is 0 Å². The highest BCUT2D eigenvalue weighted by atomic mass is 16.5. The van der Waals surface area contributed by atoms with Crippen molar-refractivity contribution in [2.45, 2.75) is 58.5 Å². The number of esters is 1. The maximum Gasteiger partial charge on any atom is 0.305 e. The van der Waals surface area contributed by atoms with Crippen LogP contribution in [0.5, 0.6) is 17.2 Å². The number of rotatable bonds is 12. The first-order chi connectivity index (χ1) is 20.1. The van der Waals surface area contributed by atoms with Crippen molar-refractivity contribution in [1.82, 2.24) is 10.6 Å². The normalized spacial score (nSPS) is 14.4. The second-order valence-corrected chi connectivity index (χ2v) is 10.4. The van der Waals surface area contributed by atoms with Gasteiger partial charge in [0.15, 0.2) is 11.5 Å². The van der Waals surface area contributed by atoms with Crippen LogP contribution in [-0.2, 0) is 25.5 Å². The van der Waals surface area contributed by atoms with Crippen LogP contribution in [0.25, 0.3) is 11.1 Å². The summed E-state index contributed by atoms with van der Waals surface area (Å²) in [6, 6.07) is 5.69. The fourth-order valence-corrected chi connectivity index (χ4v) is 5.19. The van der Waals surface area contributed by atoms with Crippen molar-refractivity contribution in [2.24, 2.45) is 5.92 Å². The quantitative estimate of drug-likeness (QED) is 0.253. The van der Waals surface area contributed by atoms with Gasteiger partial charge in [-0.05, 0) is 60.1 Å². The minimum Gasteiger partial charge on any atom is -0.493 e. The van der Waals surface area contributed by atoms with Gasteiger partial charge in [-0.1, -0.05) is 19.9 Å². The van der Waals surface area contributed by atoms with Gasteiger partial charge in [0.25, 0.3) is 0 Å². The SMILES string of the molecule is COC(=O)CCCNC(=O)[C@@H](Nc1ccc2c(cc1=O)[C@@H](NC(C)=O)CCc1cc(OC)c(OC)c(OC)c1-2)C(C)C. The third-order valence-electron chi connectivity index (χ3n) is 7.26. The van der Waals surface area contributed by atoms with Crippen LogP contribution >= 0.6 is 0 Å². The number of methoxy groups -OCH3 is 4. The topological polar surface area (TPSA) is 141 Å². The first-order valence-electron chi connectivity index (χ1n) is 13.9. The van der Waals surface area contributed by atoms with Crippen molar-refractivity contribution in [2.75, 3.05) is 40.3 Å². The number of amides is 2. The van der Waals surface area contributed by atoms with Crippen LogP contribution < -0.4 is 35.6 Å². The molecule has 1 aliphatic carbocycles. The molecule has 0 unspecified atom stereocenters. The third kappa shape index (κ3) is 7.32. The smallest absolute Gasteiger partial charge is 0.305 e. The Bertz CT molecular complexity index is 1370. The molecule has 2 aromatic carbocycles. The number of nitrogens with one attached hydrogen (secondary N) is 3. The molecule has 0 saturated heterocycles. The molecule has 0 radical (unpaired) electrons. The molecule has 1 aliphatic rings. The zero-order valence-corrected chi connectivity index (χ0v) is 25.3. The molecule has 0 aliphatic heterocycles. The summed E-state index contributed by atoms with van der Waals surface area (Å²) < 4.78 is 21.7. The standard InChI is InChI=1S/C31H41N3O8/c1-17(2)28(31(38)32-14-8-9-26(37)40-5)34-23-13-11-20-21(16-24(23)36)22(33-18(3)35)12-10-19-15-25(39-4)29(41-6)30(42-7)27(19)20/h11,13,15-17,22,28H,8-10,12,14H2,1-7H3,(H,32,38)(H,33,35)(H,34,36)/t22-,28-/m0/s1. The number of carbonyl (C=O) groups excluding carboxylic acids is 3. The maximum atomic E-state index is 13.6. The molecular weight excluding hydrogens is 542 g/mol. The highest BCUT2D eigenvalue weighted by Crippen LogP contribution is 2.50. The lowest BCUT2D eigenvalue weighted by Crippen LogP contribution is -2.44. The van der Waals surface area contributed by atoms with Gasteiger partial charge in [0.1, 0.15) is 6.04 Å². The minimum absolute atomic E-state index is 0.155. The lowest BCUT2D eigenvalue weighted by atomic mass is 9.95. The van der Waals surface area contributed by atoms with Crippen LogP contribution in [0, 0.1) is 5.92 Å². The minimum atomic E-state index is -0.713.